The van der Waals surface area contributed by atoms with Gasteiger partial charge in [0.2, 0.25) is 10.0 Å². The zero-order valence-corrected chi connectivity index (χ0v) is 15.6. The Labute approximate surface area is 152 Å². The Kier molecular flexibility index (Phi) is 5.06. The molecule has 1 aliphatic rings. The van der Waals surface area contributed by atoms with Crippen LogP contribution in [0.1, 0.15) is 5.56 Å². The SMILES string of the molecule is Cc1cccc(S(=O)(=O)N2CCN(c3c(Cl)cccc3Cl)CC2)c1. The highest BCUT2D eigenvalue weighted by Gasteiger charge is 2.29. The van der Waals surface area contributed by atoms with Crippen LogP contribution in [0.2, 0.25) is 10.0 Å². The Morgan fingerprint density at radius 3 is 2.08 bits per heavy atom. The quantitative estimate of drug-likeness (QED) is 0.807. The average Bonchev–Trinajstić information content (AvgIpc) is 2.55. The molecule has 1 saturated heterocycles. The number of hydrogen-bond acceptors (Lipinski definition) is 3. The van der Waals surface area contributed by atoms with E-state index in [2.05, 4.69) is 0 Å². The summed E-state index contributed by atoms with van der Waals surface area (Å²) in [5.41, 5.74) is 1.70. The molecule has 1 heterocycles. The molecule has 0 unspecified atom stereocenters. The molecule has 0 N–H and O–H groups in total. The van der Waals surface area contributed by atoms with Crippen molar-refractivity contribution in [1.82, 2.24) is 4.31 Å². The first-order valence-electron chi connectivity index (χ1n) is 7.65. The summed E-state index contributed by atoms with van der Waals surface area (Å²) in [7, 11) is -3.47. The van der Waals surface area contributed by atoms with Gasteiger partial charge in [-0.2, -0.15) is 4.31 Å². The van der Waals surface area contributed by atoms with Crippen LogP contribution in [0.25, 0.3) is 0 Å². The van der Waals surface area contributed by atoms with Crippen LogP contribution in [0.3, 0.4) is 0 Å². The molecule has 0 radical (unpaired) electrons. The van der Waals surface area contributed by atoms with Crippen LogP contribution in [0.4, 0.5) is 5.69 Å². The topological polar surface area (TPSA) is 40.6 Å². The summed E-state index contributed by atoms with van der Waals surface area (Å²) < 4.78 is 27.1. The van der Waals surface area contributed by atoms with Crippen LogP contribution in [-0.2, 0) is 10.0 Å². The van der Waals surface area contributed by atoms with Crippen molar-refractivity contribution >= 4 is 38.9 Å². The lowest BCUT2D eigenvalue weighted by Crippen LogP contribution is -2.48. The molecular formula is C17H18Cl2N2O2S. The fourth-order valence-corrected chi connectivity index (χ4v) is 5.03. The fraction of sp³-hybridized carbons (Fsp3) is 0.294. The molecule has 0 saturated carbocycles. The highest BCUT2D eigenvalue weighted by molar-refractivity contribution is 7.89. The maximum Gasteiger partial charge on any atom is 0.243 e. The van der Waals surface area contributed by atoms with Crippen LogP contribution < -0.4 is 4.90 Å². The standard InChI is InChI=1S/C17H18Cl2N2O2S/c1-13-4-2-5-14(12-13)24(22,23)21-10-8-20(9-11-21)17-15(18)6-3-7-16(17)19/h2-7,12H,8-11H2,1H3. The maximum absolute atomic E-state index is 12.8. The Bertz CT molecular complexity index is 827. The van der Waals surface area contributed by atoms with Crippen LogP contribution in [0.15, 0.2) is 47.4 Å². The van der Waals surface area contributed by atoms with Crippen LogP contribution in [0.5, 0.6) is 0 Å². The molecule has 2 aromatic carbocycles. The van der Waals surface area contributed by atoms with E-state index in [4.69, 9.17) is 23.2 Å². The van der Waals surface area contributed by atoms with Gasteiger partial charge in [0.05, 0.1) is 20.6 Å². The zero-order chi connectivity index (χ0) is 17.3. The Morgan fingerprint density at radius 2 is 1.50 bits per heavy atom. The predicted octanol–water partition coefficient (Wildman–Crippen LogP) is 3.81. The summed E-state index contributed by atoms with van der Waals surface area (Å²) in [4.78, 5) is 2.37. The van der Waals surface area contributed by atoms with Gasteiger partial charge < -0.3 is 4.90 Å². The van der Waals surface area contributed by atoms with Gasteiger partial charge in [-0.05, 0) is 36.8 Å². The minimum absolute atomic E-state index is 0.340. The third-order valence-electron chi connectivity index (χ3n) is 4.12. The second-order valence-electron chi connectivity index (χ2n) is 5.78. The third-order valence-corrected chi connectivity index (χ3v) is 6.62. The van der Waals surface area contributed by atoms with Gasteiger partial charge in [-0.1, -0.05) is 41.4 Å². The van der Waals surface area contributed by atoms with E-state index < -0.39 is 10.0 Å². The van der Waals surface area contributed by atoms with Crippen molar-refractivity contribution in [3.63, 3.8) is 0 Å². The molecule has 0 spiro atoms. The number of para-hydroxylation sites is 1. The number of halogens is 2. The summed E-state index contributed by atoms with van der Waals surface area (Å²) in [6, 6.07) is 12.4. The van der Waals surface area contributed by atoms with E-state index in [0.717, 1.165) is 11.3 Å². The van der Waals surface area contributed by atoms with E-state index in [1.165, 1.54) is 4.31 Å². The number of anilines is 1. The van der Waals surface area contributed by atoms with E-state index >= 15 is 0 Å². The molecule has 4 nitrogen and oxygen atoms in total. The molecule has 0 atom stereocenters. The van der Waals surface area contributed by atoms with Crippen molar-refractivity contribution in [1.29, 1.82) is 0 Å². The van der Waals surface area contributed by atoms with Crippen molar-refractivity contribution in [2.24, 2.45) is 0 Å². The Morgan fingerprint density at radius 1 is 0.917 bits per heavy atom. The largest absolute Gasteiger partial charge is 0.366 e. The molecule has 128 valence electrons. The van der Waals surface area contributed by atoms with E-state index in [-0.39, 0.29) is 0 Å². The summed E-state index contributed by atoms with van der Waals surface area (Å²) in [6.45, 7) is 3.79. The highest BCUT2D eigenvalue weighted by Crippen LogP contribution is 2.34. The summed E-state index contributed by atoms with van der Waals surface area (Å²) in [5.74, 6) is 0. The smallest absolute Gasteiger partial charge is 0.243 e. The zero-order valence-electron chi connectivity index (χ0n) is 13.2. The molecule has 0 aromatic heterocycles. The van der Waals surface area contributed by atoms with E-state index in [1.54, 1.807) is 36.4 Å². The lowest BCUT2D eigenvalue weighted by molar-refractivity contribution is 0.385. The first-order chi connectivity index (χ1) is 11.4. The van der Waals surface area contributed by atoms with Crippen LogP contribution in [-0.4, -0.2) is 38.9 Å². The fourth-order valence-electron chi connectivity index (χ4n) is 2.87. The number of nitrogens with zero attached hydrogens (tertiary/aromatic N) is 2. The van der Waals surface area contributed by atoms with Crippen molar-refractivity contribution in [3.8, 4) is 0 Å². The van der Waals surface area contributed by atoms with Gasteiger partial charge in [-0.3, -0.25) is 0 Å². The molecule has 1 fully saturated rings. The summed E-state index contributed by atoms with van der Waals surface area (Å²) in [6.07, 6.45) is 0. The van der Waals surface area contributed by atoms with Gasteiger partial charge in [0.1, 0.15) is 0 Å². The number of benzene rings is 2. The minimum atomic E-state index is -3.47. The molecule has 1 aliphatic heterocycles. The molecule has 0 bridgehead atoms. The van der Waals surface area contributed by atoms with Crippen LogP contribution >= 0.6 is 23.2 Å². The van der Waals surface area contributed by atoms with Crippen molar-refractivity contribution < 1.29 is 8.42 Å². The van der Waals surface area contributed by atoms with Gasteiger partial charge in [-0.15, -0.1) is 0 Å². The van der Waals surface area contributed by atoms with Crippen LogP contribution in [0, 0.1) is 6.92 Å². The monoisotopic (exact) mass is 384 g/mol. The molecule has 0 aliphatic carbocycles. The summed E-state index contributed by atoms with van der Waals surface area (Å²) in [5, 5.41) is 1.16. The second-order valence-corrected chi connectivity index (χ2v) is 8.53. The third kappa shape index (κ3) is 3.40. The van der Waals surface area contributed by atoms with Crippen molar-refractivity contribution in [3.05, 3.63) is 58.1 Å². The van der Waals surface area contributed by atoms with Gasteiger partial charge in [0.25, 0.3) is 0 Å². The second kappa shape index (κ2) is 6.92. The first-order valence-corrected chi connectivity index (χ1v) is 9.85. The Balaban J connectivity index is 1.78. The number of aryl methyl sites for hydroxylation is 1. The van der Waals surface area contributed by atoms with E-state index in [9.17, 15) is 8.42 Å². The number of rotatable bonds is 3. The lowest BCUT2D eigenvalue weighted by atomic mass is 10.2. The molecular weight excluding hydrogens is 367 g/mol. The van der Waals surface area contributed by atoms with E-state index in [0.29, 0.717) is 41.1 Å². The molecule has 24 heavy (non-hydrogen) atoms. The van der Waals surface area contributed by atoms with Crippen molar-refractivity contribution in [2.75, 3.05) is 31.1 Å². The first kappa shape index (κ1) is 17.5. The minimum Gasteiger partial charge on any atom is -0.366 e. The number of sulfonamides is 1. The average molecular weight is 385 g/mol. The molecule has 3 rings (SSSR count). The normalized spacial score (nSPS) is 16.4. The molecule has 2 aromatic rings. The van der Waals surface area contributed by atoms with Gasteiger partial charge in [-0.25, -0.2) is 8.42 Å². The Hall–Kier alpha value is -1.27. The predicted molar refractivity (Wildman–Crippen MR) is 98.6 cm³/mol. The lowest BCUT2D eigenvalue weighted by Gasteiger charge is -2.36. The van der Waals surface area contributed by atoms with E-state index in [1.807, 2.05) is 17.9 Å². The van der Waals surface area contributed by atoms with Crippen molar-refractivity contribution in [2.45, 2.75) is 11.8 Å². The highest BCUT2D eigenvalue weighted by atomic mass is 35.5. The van der Waals surface area contributed by atoms with Gasteiger partial charge in [0, 0.05) is 26.2 Å². The molecule has 7 heteroatoms. The summed E-state index contributed by atoms with van der Waals surface area (Å²) >= 11 is 12.5. The number of hydrogen-bond donors (Lipinski definition) is 0. The van der Waals surface area contributed by atoms with Gasteiger partial charge >= 0.3 is 0 Å². The molecule has 0 amide bonds. The van der Waals surface area contributed by atoms with Gasteiger partial charge in [0.15, 0.2) is 0 Å². The number of piperazine rings is 1. The maximum atomic E-state index is 12.8.